The number of rotatable bonds is 21. The molecule has 6 rings (SSSR count). The molecule has 0 saturated carbocycles. The van der Waals surface area contributed by atoms with Crippen LogP contribution in [-0.4, -0.2) is 150 Å². The summed E-state index contributed by atoms with van der Waals surface area (Å²) < 4.78 is 19.3. The van der Waals surface area contributed by atoms with Crippen LogP contribution in [0.5, 0.6) is 5.75 Å². The van der Waals surface area contributed by atoms with Gasteiger partial charge in [-0.1, -0.05) is 75.7 Å². The van der Waals surface area contributed by atoms with Gasteiger partial charge in [-0.2, -0.15) is 5.10 Å². The summed E-state index contributed by atoms with van der Waals surface area (Å²) in [5.41, 5.74) is 3.04. The number of likely N-dealkylation sites (N-methyl/N-ethyl adjacent to an activating group) is 1. The summed E-state index contributed by atoms with van der Waals surface area (Å²) in [5.74, 6) is -0.641. The molecule has 20 heteroatoms. The first kappa shape index (κ1) is 55.7. The molecule has 6 N–H and O–H groups in total. The van der Waals surface area contributed by atoms with E-state index in [0.717, 1.165) is 16.7 Å². The van der Waals surface area contributed by atoms with E-state index in [1.807, 2.05) is 97.0 Å². The number of hydrogen-bond donors (Lipinski definition) is 6. The SMILES string of the molecule is CC[C@@H](NC(=O)[C@@H]1C[C@H](NC(=O)CCOCCOCCC(=O)NCCN2C[C@H](C)Oc3ccc(C)cc3[C@@H](C)Nc3ccn4ncc(c4n3)C2=O)CN1C(=O)[C@@H](NC(=O)[C@H](C)NC)C(C)(C)C)c1ccccc1. The summed E-state index contributed by atoms with van der Waals surface area (Å²) in [4.78, 5) is 89.4. The van der Waals surface area contributed by atoms with Crippen molar-refractivity contribution in [3.8, 4) is 5.75 Å². The normalized spacial score (nSPS) is 19.3. The number of aryl methyl sites for hydroxylation is 1. The molecule has 2 aliphatic rings. The van der Waals surface area contributed by atoms with Gasteiger partial charge in [0.2, 0.25) is 29.5 Å². The highest BCUT2D eigenvalue weighted by Gasteiger charge is 2.46. The summed E-state index contributed by atoms with van der Waals surface area (Å²) in [6.45, 7) is 16.5. The van der Waals surface area contributed by atoms with E-state index in [9.17, 15) is 28.8 Å². The molecular weight excluding hydrogens is 935 g/mol. The van der Waals surface area contributed by atoms with E-state index < -0.39 is 35.5 Å². The van der Waals surface area contributed by atoms with Gasteiger partial charge in [0.05, 0.1) is 57.3 Å². The van der Waals surface area contributed by atoms with Gasteiger partial charge >= 0.3 is 0 Å². The van der Waals surface area contributed by atoms with E-state index in [1.165, 1.54) is 11.1 Å². The zero-order valence-corrected chi connectivity index (χ0v) is 43.8. The number of nitrogens with one attached hydrogen (secondary N) is 6. The lowest BCUT2D eigenvalue weighted by Crippen LogP contribution is -2.59. The Labute approximate surface area is 428 Å². The van der Waals surface area contributed by atoms with Crippen molar-refractivity contribution < 1.29 is 43.0 Å². The summed E-state index contributed by atoms with van der Waals surface area (Å²) >= 11 is 0. The summed E-state index contributed by atoms with van der Waals surface area (Å²) in [5, 5.41) is 22.6. The maximum atomic E-state index is 14.4. The second kappa shape index (κ2) is 25.8. The molecule has 2 aromatic heterocycles. The van der Waals surface area contributed by atoms with Crippen LogP contribution in [0.2, 0.25) is 0 Å². The molecule has 0 radical (unpaired) electrons. The number of amides is 6. The van der Waals surface area contributed by atoms with E-state index in [0.29, 0.717) is 29.2 Å². The highest BCUT2D eigenvalue weighted by molar-refractivity contribution is 6.00. The molecule has 1 saturated heterocycles. The van der Waals surface area contributed by atoms with Crippen molar-refractivity contribution in [2.75, 3.05) is 65.0 Å². The zero-order chi connectivity index (χ0) is 52.8. The van der Waals surface area contributed by atoms with Crippen molar-refractivity contribution in [3.63, 3.8) is 0 Å². The van der Waals surface area contributed by atoms with Gasteiger partial charge < -0.3 is 55.9 Å². The van der Waals surface area contributed by atoms with Crippen LogP contribution in [0.15, 0.2) is 67.0 Å². The zero-order valence-electron chi connectivity index (χ0n) is 43.8. The highest BCUT2D eigenvalue weighted by Crippen LogP contribution is 2.31. The molecule has 2 aromatic carbocycles. The lowest BCUT2D eigenvalue weighted by atomic mass is 9.85. The second-order valence-corrected chi connectivity index (χ2v) is 20.0. The number of likely N-dealkylation sites (tertiary alicyclic amines) is 1. The number of ether oxygens (including phenoxy) is 3. The molecule has 7 atom stereocenters. The third-order valence-corrected chi connectivity index (χ3v) is 13.1. The van der Waals surface area contributed by atoms with Crippen LogP contribution in [0.1, 0.15) is 113 Å². The van der Waals surface area contributed by atoms with Gasteiger partial charge in [-0.3, -0.25) is 28.8 Å². The maximum absolute atomic E-state index is 14.4. The van der Waals surface area contributed by atoms with E-state index in [4.69, 9.17) is 19.2 Å². The van der Waals surface area contributed by atoms with Crippen LogP contribution in [0.3, 0.4) is 0 Å². The van der Waals surface area contributed by atoms with E-state index in [2.05, 4.69) is 43.1 Å². The van der Waals surface area contributed by atoms with Crippen LogP contribution in [0.4, 0.5) is 5.82 Å². The Morgan fingerprint density at radius 1 is 0.932 bits per heavy atom. The minimum absolute atomic E-state index is 0.0288. The average Bonchev–Trinajstić information content (AvgIpc) is 3.99. The van der Waals surface area contributed by atoms with E-state index in [-0.39, 0.29) is 120 Å². The number of anilines is 1. The third kappa shape index (κ3) is 15.2. The van der Waals surface area contributed by atoms with Crippen LogP contribution >= 0.6 is 0 Å². The monoisotopic (exact) mass is 1010 g/mol. The Kier molecular flexibility index (Phi) is 19.7. The minimum atomic E-state index is -0.938. The summed E-state index contributed by atoms with van der Waals surface area (Å²) in [6, 6.07) is 14.1. The van der Waals surface area contributed by atoms with Crippen LogP contribution < -0.4 is 36.6 Å². The fourth-order valence-corrected chi connectivity index (χ4v) is 8.91. The van der Waals surface area contributed by atoms with Crippen LogP contribution in [0.25, 0.3) is 5.65 Å². The molecule has 4 aromatic rings. The Morgan fingerprint density at radius 3 is 2.33 bits per heavy atom. The molecular formula is C53H75N11O9. The van der Waals surface area contributed by atoms with Gasteiger partial charge in [0.15, 0.2) is 5.65 Å². The van der Waals surface area contributed by atoms with Crippen molar-refractivity contribution in [2.45, 2.75) is 123 Å². The van der Waals surface area contributed by atoms with Gasteiger partial charge in [-0.25, -0.2) is 9.50 Å². The first-order valence-corrected chi connectivity index (χ1v) is 25.4. The fourth-order valence-electron chi connectivity index (χ4n) is 8.91. The van der Waals surface area contributed by atoms with Crippen molar-refractivity contribution in [1.29, 1.82) is 0 Å². The minimum Gasteiger partial charge on any atom is -0.489 e. The third-order valence-electron chi connectivity index (χ3n) is 13.1. The molecule has 2 bridgehead atoms. The van der Waals surface area contributed by atoms with E-state index in [1.54, 1.807) is 29.6 Å². The quantitative estimate of drug-likeness (QED) is 0.0652. The number of carbonyl (C=O) groups is 6. The second-order valence-electron chi connectivity index (χ2n) is 20.0. The number of carbonyl (C=O) groups excluding carboxylic acids is 6. The topological polar surface area (TPSA) is 239 Å². The average molecular weight is 1010 g/mol. The fraction of sp³-hybridized carbons (Fsp3) is 0.547. The predicted octanol–water partition coefficient (Wildman–Crippen LogP) is 3.86. The molecule has 396 valence electrons. The Hall–Kier alpha value is -6.64. The van der Waals surface area contributed by atoms with Gasteiger partial charge in [-0.15, -0.1) is 0 Å². The van der Waals surface area contributed by atoms with Crippen LogP contribution in [0, 0.1) is 12.3 Å². The molecule has 0 unspecified atom stereocenters. The number of aromatic nitrogens is 3. The van der Waals surface area contributed by atoms with Crippen molar-refractivity contribution in [2.24, 2.45) is 5.41 Å². The number of nitrogens with zero attached hydrogens (tertiary/aromatic N) is 5. The molecule has 20 nitrogen and oxygen atoms in total. The standard InChI is InChI=1S/C53H75N11O9/c1-10-41(37-14-12-11-13-15-37)59-50(68)42-29-38(32-63(42)52(70)47(53(6,7)8)61-49(67)36(5)54-9)58-46(66)20-25-72-27-26-71-24-19-45(65)55-21-23-62-31-34(3)73-43-17-16-33(2)28-39(43)35(4)57-44-18-22-64-48(60-44)40(30-56-64)51(62)69/h11-18,22,28,30,34-36,38,41-42,47,54H,10,19-21,23-27,29,31-32H2,1-9H3,(H,55,65)(H,57,60)(H,58,66)(H,59,68)(H,61,67)/t34-,35+,36-,38-,41+,42-,47+/m0/s1. The molecule has 73 heavy (non-hydrogen) atoms. The smallest absolute Gasteiger partial charge is 0.259 e. The molecule has 2 aliphatic heterocycles. The lowest BCUT2D eigenvalue weighted by Gasteiger charge is -2.36. The van der Waals surface area contributed by atoms with Gasteiger partial charge in [0.25, 0.3) is 5.91 Å². The summed E-state index contributed by atoms with van der Waals surface area (Å²) in [6.07, 6.45) is 3.81. The largest absolute Gasteiger partial charge is 0.489 e. The van der Waals surface area contributed by atoms with Crippen LogP contribution in [-0.2, 0) is 33.4 Å². The highest BCUT2D eigenvalue weighted by atomic mass is 16.5. The molecule has 0 aliphatic carbocycles. The van der Waals surface area contributed by atoms with Gasteiger partial charge in [0, 0.05) is 50.3 Å². The number of benzene rings is 2. The summed E-state index contributed by atoms with van der Waals surface area (Å²) in [7, 11) is 1.66. The predicted molar refractivity (Wildman–Crippen MR) is 276 cm³/mol. The Morgan fingerprint density at radius 2 is 1.64 bits per heavy atom. The Bertz CT molecular complexity index is 2530. The number of fused-ring (bicyclic) bond motifs is 2. The molecule has 4 heterocycles. The molecule has 0 spiro atoms. The van der Waals surface area contributed by atoms with E-state index >= 15 is 0 Å². The lowest BCUT2D eigenvalue weighted by molar-refractivity contribution is -0.144. The van der Waals surface area contributed by atoms with Crippen molar-refractivity contribution >= 4 is 46.9 Å². The molecule has 1 fully saturated rings. The first-order chi connectivity index (χ1) is 34.9. The maximum Gasteiger partial charge on any atom is 0.259 e. The van der Waals surface area contributed by atoms with Gasteiger partial charge in [-0.05, 0) is 70.7 Å². The van der Waals surface area contributed by atoms with Crippen molar-refractivity contribution in [1.82, 2.24) is 51.0 Å². The first-order valence-electron chi connectivity index (χ1n) is 25.4. The van der Waals surface area contributed by atoms with Crippen molar-refractivity contribution in [3.05, 3.63) is 89.2 Å². The Balaban J connectivity index is 0.943. The molecule has 6 amide bonds. The number of hydrogen-bond acceptors (Lipinski definition) is 13. The van der Waals surface area contributed by atoms with Gasteiger partial charge in [0.1, 0.15) is 35.3 Å².